The number of aryl methyl sites for hydroxylation is 1. The highest BCUT2D eigenvalue weighted by Gasteiger charge is 2.39. The maximum atomic E-state index is 5.79. The minimum absolute atomic E-state index is 0.554. The smallest absolute Gasteiger partial charge is 0.0483 e. The third-order valence-electron chi connectivity index (χ3n) is 4.33. The van der Waals surface area contributed by atoms with Gasteiger partial charge in [0.1, 0.15) is 0 Å². The molecule has 1 aromatic carbocycles. The Morgan fingerprint density at radius 3 is 3.11 bits per heavy atom. The quantitative estimate of drug-likeness (QED) is 0.819. The first kappa shape index (κ1) is 12.3. The summed E-state index contributed by atoms with van der Waals surface area (Å²) in [4.78, 5) is 0. The monoisotopic (exact) mass is 264 g/mol. The van der Waals surface area contributed by atoms with Crippen molar-refractivity contribution in [1.82, 2.24) is 5.32 Å². The lowest BCUT2D eigenvalue weighted by Gasteiger charge is -2.34. The maximum Gasteiger partial charge on any atom is 0.0483 e. The van der Waals surface area contributed by atoms with Crippen LogP contribution in [0.15, 0.2) is 18.2 Å². The number of hydrogen-bond acceptors (Lipinski definition) is 2. The molecule has 2 nitrogen and oxygen atoms in total. The number of nitrogens with one attached hydrogen (secondary N) is 2. The Morgan fingerprint density at radius 2 is 2.28 bits per heavy atom. The van der Waals surface area contributed by atoms with E-state index in [-0.39, 0.29) is 0 Å². The zero-order valence-corrected chi connectivity index (χ0v) is 11.6. The van der Waals surface area contributed by atoms with Crippen molar-refractivity contribution in [1.29, 1.82) is 0 Å². The molecule has 3 heteroatoms. The number of rotatable bonds is 3. The molecule has 3 rings (SSSR count). The van der Waals surface area contributed by atoms with Gasteiger partial charge in [-0.1, -0.05) is 24.1 Å². The normalized spacial score (nSPS) is 29.6. The zero-order valence-electron chi connectivity index (χ0n) is 10.9. The van der Waals surface area contributed by atoms with E-state index in [0.717, 1.165) is 6.54 Å². The Bertz CT molecular complexity index is 433. The van der Waals surface area contributed by atoms with Crippen LogP contribution in [0.5, 0.6) is 0 Å². The van der Waals surface area contributed by atoms with Crippen molar-refractivity contribution in [3.63, 3.8) is 0 Å². The molecule has 2 aliphatic rings. The van der Waals surface area contributed by atoms with Crippen molar-refractivity contribution in [2.45, 2.75) is 44.2 Å². The third-order valence-corrected chi connectivity index (χ3v) is 4.52. The fourth-order valence-electron chi connectivity index (χ4n) is 3.52. The van der Waals surface area contributed by atoms with E-state index in [1.807, 2.05) is 0 Å². The summed E-state index contributed by atoms with van der Waals surface area (Å²) in [5.74, 6) is 1.38. The maximum absolute atomic E-state index is 5.79. The Morgan fingerprint density at radius 1 is 1.39 bits per heavy atom. The molecule has 1 saturated carbocycles. The van der Waals surface area contributed by atoms with Gasteiger partial charge in [-0.2, -0.15) is 0 Å². The van der Waals surface area contributed by atoms with Gasteiger partial charge < -0.3 is 10.6 Å². The molecule has 1 aromatic rings. The van der Waals surface area contributed by atoms with Gasteiger partial charge in [-0.3, -0.25) is 0 Å². The molecule has 18 heavy (non-hydrogen) atoms. The van der Waals surface area contributed by atoms with Crippen LogP contribution in [-0.2, 0) is 0 Å². The predicted molar refractivity (Wildman–Crippen MR) is 77.7 cm³/mol. The van der Waals surface area contributed by atoms with E-state index in [1.165, 1.54) is 36.1 Å². The summed E-state index contributed by atoms with van der Waals surface area (Å²) in [6, 6.07) is 7.91. The van der Waals surface area contributed by atoms with Gasteiger partial charge >= 0.3 is 0 Å². The largest absolute Gasteiger partial charge is 0.380 e. The molecule has 0 radical (unpaired) electrons. The number of benzene rings is 1. The van der Waals surface area contributed by atoms with Gasteiger partial charge in [0.05, 0.1) is 0 Å². The molecule has 98 valence electrons. The fraction of sp³-hybridized carbons (Fsp3) is 0.600. The van der Waals surface area contributed by atoms with Crippen molar-refractivity contribution in [3.05, 3.63) is 29.3 Å². The molecule has 0 bridgehead atoms. The second-order valence-corrected chi connectivity index (χ2v) is 5.93. The van der Waals surface area contributed by atoms with Gasteiger partial charge in [0.15, 0.2) is 0 Å². The molecule has 2 N–H and O–H groups in total. The molecular formula is C15H21ClN2. The summed E-state index contributed by atoms with van der Waals surface area (Å²) in [5.41, 5.74) is 4.24. The van der Waals surface area contributed by atoms with Crippen LogP contribution in [0.2, 0.25) is 0 Å². The van der Waals surface area contributed by atoms with Crippen LogP contribution in [0.3, 0.4) is 0 Å². The summed E-state index contributed by atoms with van der Waals surface area (Å²) < 4.78 is 0. The van der Waals surface area contributed by atoms with Crippen molar-refractivity contribution in [3.8, 4) is 0 Å². The van der Waals surface area contributed by atoms with Crippen LogP contribution < -0.4 is 10.6 Å². The van der Waals surface area contributed by atoms with E-state index in [2.05, 4.69) is 35.8 Å². The van der Waals surface area contributed by atoms with Crippen molar-refractivity contribution < 1.29 is 0 Å². The summed E-state index contributed by atoms with van der Waals surface area (Å²) >= 11 is 5.79. The average Bonchev–Trinajstić information content (AvgIpc) is 2.75. The minimum Gasteiger partial charge on any atom is -0.380 e. The van der Waals surface area contributed by atoms with E-state index in [4.69, 9.17) is 11.6 Å². The summed E-state index contributed by atoms with van der Waals surface area (Å²) in [6.07, 6.45) is 3.89. The van der Waals surface area contributed by atoms with Crippen molar-refractivity contribution in [2.75, 3.05) is 17.7 Å². The number of hydrogen-bond donors (Lipinski definition) is 2. The van der Waals surface area contributed by atoms with Gasteiger partial charge in [0.2, 0.25) is 0 Å². The van der Waals surface area contributed by atoms with E-state index < -0.39 is 0 Å². The molecule has 1 aliphatic carbocycles. The number of alkyl halides is 1. The number of halogens is 1. The molecule has 3 unspecified atom stereocenters. The Hall–Kier alpha value is -0.730. The second kappa shape index (κ2) is 5.10. The highest BCUT2D eigenvalue weighted by Crippen LogP contribution is 2.44. The lowest BCUT2D eigenvalue weighted by molar-refractivity contribution is 0.325. The Kier molecular flexibility index (Phi) is 3.49. The molecule has 0 amide bonds. The zero-order chi connectivity index (χ0) is 12.5. The molecule has 3 atom stereocenters. The lowest BCUT2D eigenvalue weighted by Crippen LogP contribution is -2.47. The first-order valence-corrected chi connectivity index (χ1v) is 7.49. The van der Waals surface area contributed by atoms with Crippen LogP contribution in [-0.4, -0.2) is 24.5 Å². The summed E-state index contributed by atoms with van der Waals surface area (Å²) in [5, 5.41) is 7.31. The van der Waals surface area contributed by atoms with E-state index >= 15 is 0 Å². The predicted octanol–water partition coefficient (Wildman–Crippen LogP) is 3.25. The van der Waals surface area contributed by atoms with Gasteiger partial charge in [-0.25, -0.2) is 0 Å². The summed E-state index contributed by atoms with van der Waals surface area (Å²) in [6.45, 7) is 3.09. The van der Waals surface area contributed by atoms with E-state index in [9.17, 15) is 0 Å². The SMILES string of the molecule is Cc1ccc2c(c1)C1CCCC(NCCCl)C1N2. The average molecular weight is 265 g/mol. The van der Waals surface area contributed by atoms with E-state index in [1.54, 1.807) is 0 Å². The highest BCUT2D eigenvalue weighted by atomic mass is 35.5. The third kappa shape index (κ3) is 2.12. The van der Waals surface area contributed by atoms with Crippen molar-refractivity contribution >= 4 is 17.3 Å². The fourth-order valence-corrected chi connectivity index (χ4v) is 3.63. The van der Waals surface area contributed by atoms with Gasteiger partial charge in [-0.05, 0) is 31.4 Å². The first-order chi connectivity index (χ1) is 8.79. The lowest BCUT2D eigenvalue weighted by atomic mass is 9.79. The highest BCUT2D eigenvalue weighted by molar-refractivity contribution is 6.18. The molecule has 0 spiro atoms. The van der Waals surface area contributed by atoms with Crippen molar-refractivity contribution in [2.24, 2.45) is 0 Å². The van der Waals surface area contributed by atoms with E-state index in [0.29, 0.717) is 23.9 Å². The summed E-state index contributed by atoms with van der Waals surface area (Å²) in [7, 11) is 0. The van der Waals surface area contributed by atoms with Crippen LogP contribution in [0.4, 0.5) is 5.69 Å². The Balaban J connectivity index is 1.82. The topological polar surface area (TPSA) is 24.1 Å². The van der Waals surface area contributed by atoms with Gasteiger partial charge in [0, 0.05) is 36.1 Å². The Labute approximate surface area is 114 Å². The molecule has 1 fully saturated rings. The molecule has 0 aromatic heterocycles. The van der Waals surface area contributed by atoms with Crippen LogP contribution >= 0.6 is 11.6 Å². The molecule has 0 saturated heterocycles. The standard InChI is InChI=1S/C15H21ClN2/c1-10-5-6-13-12(9-10)11-3-2-4-14(15(11)18-13)17-8-7-16/h5-6,9,11,14-15,17-18H,2-4,7-8H2,1H3. The van der Waals surface area contributed by atoms with Crippen LogP contribution in [0.1, 0.15) is 36.3 Å². The van der Waals surface area contributed by atoms with Gasteiger partial charge in [0.25, 0.3) is 0 Å². The molecule has 1 heterocycles. The number of anilines is 1. The number of fused-ring (bicyclic) bond motifs is 3. The first-order valence-electron chi connectivity index (χ1n) is 6.96. The van der Waals surface area contributed by atoms with Crippen LogP contribution in [0, 0.1) is 6.92 Å². The van der Waals surface area contributed by atoms with Crippen LogP contribution in [0.25, 0.3) is 0 Å². The molecule has 1 aliphatic heterocycles. The second-order valence-electron chi connectivity index (χ2n) is 5.55. The molecular weight excluding hydrogens is 244 g/mol. The van der Waals surface area contributed by atoms with Gasteiger partial charge in [-0.15, -0.1) is 11.6 Å². The minimum atomic E-state index is 0.554.